The number of carbonyl (C=O) groups excluding carboxylic acids is 2. The summed E-state index contributed by atoms with van der Waals surface area (Å²) in [7, 11) is -3.41. The Bertz CT molecular complexity index is 712. The number of hydrogen-bond acceptors (Lipinski definition) is 4. The minimum absolute atomic E-state index is 0.00331. The van der Waals surface area contributed by atoms with Crippen molar-refractivity contribution in [1.29, 1.82) is 0 Å². The highest BCUT2D eigenvalue weighted by Crippen LogP contribution is 2.26. The van der Waals surface area contributed by atoms with Gasteiger partial charge < -0.3 is 10.6 Å². The van der Waals surface area contributed by atoms with Crippen LogP contribution in [0.5, 0.6) is 0 Å². The van der Waals surface area contributed by atoms with Gasteiger partial charge in [0.2, 0.25) is 11.8 Å². The van der Waals surface area contributed by atoms with E-state index in [1.807, 2.05) is 18.2 Å². The topological polar surface area (TPSA) is 92.3 Å². The predicted octanol–water partition coefficient (Wildman–Crippen LogP) is 1.18. The average Bonchev–Trinajstić information content (AvgIpc) is 2.44. The van der Waals surface area contributed by atoms with Gasteiger partial charge in [-0.2, -0.15) is 0 Å². The van der Waals surface area contributed by atoms with Gasteiger partial charge in [-0.1, -0.05) is 12.1 Å². The van der Waals surface area contributed by atoms with Crippen molar-refractivity contribution in [3.05, 3.63) is 29.3 Å². The molecule has 0 radical (unpaired) electrons. The number of sulfone groups is 1. The molecule has 2 atom stereocenters. The molecule has 2 amide bonds. The molecule has 1 aromatic rings. The van der Waals surface area contributed by atoms with Crippen molar-refractivity contribution in [1.82, 2.24) is 5.32 Å². The van der Waals surface area contributed by atoms with E-state index in [9.17, 15) is 18.0 Å². The molecule has 1 aliphatic rings. The lowest BCUT2D eigenvalue weighted by molar-refractivity contribution is -0.121. The Kier molecular flexibility index (Phi) is 4.55. The highest BCUT2D eigenvalue weighted by molar-refractivity contribution is 7.92. The molecule has 0 saturated heterocycles. The standard InChI is InChI=1S/C15H20N2O4S/c1-9(16-15(19)10(2)22(3,20)21)11-4-6-13-12(8-11)5-7-14(18)17-13/h4,6,8-10H,5,7H2,1-3H3,(H,16,19)(H,17,18). The second kappa shape index (κ2) is 6.08. The Morgan fingerprint density at radius 1 is 1.27 bits per heavy atom. The highest BCUT2D eigenvalue weighted by Gasteiger charge is 2.25. The molecule has 2 N–H and O–H groups in total. The maximum atomic E-state index is 12.0. The number of rotatable bonds is 4. The molecule has 120 valence electrons. The minimum atomic E-state index is -3.41. The number of aryl methyl sites for hydroxylation is 1. The Balaban J connectivity index is 2.12. The van der Waals surface area contributed by atoms with Crippen molar-refractivity contribution < 1.29 is 18.0 Å². The van der Waals surface area contributed by atoms with Crippen molar-refractivity contribution in [2.24, 2.45) is 0 Å². The summed E-state index contributed by atoms with van der Waals surface area (Å²) in [4.78, 5) is 23.3. The van der Waals surface area contributed by atoms with Crippen LogP contribution in [0.15, 0.2) is 18.2 Å². The molecule has 1 aliphatic heterocycles. The van der Waals surface area contributed by atoms with E-state index in [0.29, 0.717) is 12.8 Å². The largest absolute Gasteiger partial charge is 0.348 e. The molecule has 2 unspecified atom stereocenters. The van der Waals surface area contributed by atoms with Crippen LogP contribution in [-0.4, -0.2) is 31.7 Å². The molecule has 0 fully saturated rings. The van der Waals surface area contributed by atoms with Gasteiger partial charge in [0, 0.05) is 18.4 Å². The van der Waals surface area contributed by atoms with Crippen LogP contribution in [0, 0.1) is 0 Å². The average molecular weight is 324 g/mol. The second-order valence-corrected chi connectivity index (χ2v) is 8.03. The number of hydrogen-bond donors (Lipinski definition) is 2. The van der Waals surface area contributed by atoms with Gasteiger partial charge in [0.1, 0.15) is 5.25 Å². The summed E-state index contributed by atoms with van der Waals surface area (Å²) in [6, 6.07) is 5.26. The van der Waals surface area contributed by atoms with Gasteiger partial charge in [-0.05, 0) is 37.5 Å². The van der Waals surface area contributed by atoms with E-state index in [0.717, 1.165) is 23.1 Å². The van der Waals surface area contributed by atoms with Gasteiger partial charge in [0.15, 0.2) is 9.84 Å². The lowest BCUT2D eigenvalue weighted by Crippen LogP contribution is -2.38. The Labute approximate surface area is 130 Å². The molecule has 22 heavy (non-hydrogen) atoms. The first-order valence-corrected chi connectivity index (χ1v) is 9.06. The zero-order valence-corrected chi connectivity index (χ0v) is 13.7. The lowest BCUT2D eigenvalue weighted by atomic mass is 9.98. The maximum absolute atomic E-state index is 12.0. The molecule has 0 saturated carbocycles. The van der Waals surface area contributed by atoms with E-state index in [-0.39, 0.29) is 11.9 Å². The van der Waals surface area contributed by atoms with Crippen LogP contribution in [0.3, 0.4) is 0 Å². The second-order valence-electron chi connectivity index (χ2n) is 5.67. The normalized spacial score (nSPS) is 17.1. The summed E-state index contributed by atoms with van der Waals surface area (Å²) in [5.41, 5.74) is 2.70. The molecule has 2 rings (SSSR count). The quantitative estimate of drug-likeness (QED) is 0.870. The molecular weight excluding hydrogens is 304 g/mol. The first-order valence-electron chi connectivity index (χ1n) is 7.10. The fourth-order valence-corrected chi connectivity index (χ4v) is 2.74. The van der Waals surface area contributed by atoms with Crippen molar-refractivity contribution in [3.8, 4) is 0 Å². The number of amides is 2. The van der Waals surface area contributed by atoms with Crippen LogP contribution in [0.4, 0.5) is 5.69 Å². The van der Waals surface area contributed by atoms with Crippen LogP contribution in [0.2, 0.25) is 0 Å². The van der Waals surface area contributed by atoms with Crippen molar-refractivity contribution in [3.63, 3.8) is 0 Å². The number of anilines is 1. The van der Waals surface area contributed by atoms with E-state index in [2.05, 4.69) is 10.6 Å². The molecule has 0 spiro atoms. The van der Waals surface area contributed by atoms with Gasteiger partial charge in [-0.3, -0.25) is 9.59 Å². The zero-order chi connectivity index (χ0) is 16.5. The predicted molar refractivity (Wildman–Crippen MR) is 84.3 cm³/mol. The van der Waals surface area contributed by atoms with E-state index in [1.165, 1.54) is 6.92 Å². The van der Waals surface area contributed by atoms with Gasteiger partial charge >= 0.3 is 0 Å². The summed E-state index contributed by atoms with van der Waals surface area (Å²) in [6.45, 7) is 3.18. The molecule has 0 aromatic heterocycles. The third-order valence-corrected chi connectivity index (χ3v) is 5.39. The third kappa shape index (κ3) is 3.65. The summed E-state index contributed by atoms with van der Waals surface area (Å²) < 4.78 is 22.8. The smallest absolute Gasteiger partial charge is 0.238 e. The van der Waals surface area contributed by atoms with Crippen LogP contribution in [-0.2, 0) is 25.8 Å². The minimum Gasteiger partial charge on any atom is -0.348 e. The molecule has 7 heteroatoms. The lowest BCUT2D eigenvalue weighted by Gasteiger charge is -2.21. The Hall–Kier alpha value is -1.89. The summed E-state index contributed by atoms with van der Waals surface area (Å²) in [5, 5.41) is 4.43. The Morgan fingerprint density at radius 2 is 1.95 bits per heavy atom. The highest BCUT2D eigenvalue weighted by atomic mass is 32.2. The maximum Gasteiger partial charge on any atom is 0.238 e. The SMILES string of the molecule is CC(NC(=O)C(C)S(C)(=O)=O)c1ccc2c(c1)CCC(=O)N2. The van der Waals surface area contributed by atoms with Crippen LogP contribution in [0.25, 0.3) is 0 Å². The van der Waals surface area contributed by atoms with Gasteiger partial charge in [-0.15, -0.1) is 0 Å². The molecule has 1 heterocycles. The van der Waals surface area contributed by atoms with Crippen LogP contribution in [0.1, 0.15) is 37.4 Å². The van der Waals surface area contributed by atoms with E-state index < -0.39 is 21.0 Å². The summed E-state index contributed by atoms with van der Waals surface area (Å²) in [6.07, 6.45) is 2.15. The first kappa shape index (κ1) is 16.5. The van der Waals surface area contributed by atoms with Crippen molar-refractivity contribution in [2.75, 3.05) is 11.6 Å². The number of fused-ring (bicyclic) bond motifs is 1. The summed E-state index contributed by atoms with van der Waals surface area (Å²) in [5.74, 6) is -0.510. The molecule has 6 nitrogen and oxygen atoms in total. The fourth-order valence-electron chi connectivity index (χ4n) is 2.28. The monoisotopic (exact) mass is 324 g/mol. The van der Waals surface area contributed by atoms with E-state index >= 15 is 0 Å². The van der Waals surface area contributed by atoms with E-state index in [4.69, 9.17) is 0 Å². The van der Waals surface area contributed by atoms with Gasteiger partial charge in [-0.25, -0.2) is 8.42 Å². The zero-order valence-electron chi connectivity index (χ0n) is 12.8. The molecular formula is C15H20N2O4S. The summed E-state index contributed by atoms with van der Waals surface area (Å²) >= 11 is 0. The molecule has 0 bridgehead atoms. The van der Waals surface area contributed by atoms with Crippen LogP contribution >= 0.6 is 0 Å². The number of carbonyl (C=O) groups is 2. The van der Waals surface area contributed by atoms with Gasteiger partial charge in [0.05, 0.1) is 6.04 Å². The van der Waals surface area contributed by atoms with E-state index in [1.54, 1.807) is 6.92 Å². The van der Waals surface area contributed by atoms with Gasteiger partial charge in [0.25, 0.3) is 0 Å². The number of benzene rings is 1. The third-order valence-electron chi connectivity index (χ3n) is 3.90. The number of nitrogens with one attached hydrogen (secondary N) is 2. The van der Waals surface area contributed by atoms with Crippen molar-refractivity contribution in [2.45, 2.75) is 38.0 Å². The fraction of sp³-hybridized carbons (Fsp3) is 0.467. The molecule has 0 aliphatic carbocycles. The molecule has 1 aromatic carbocycles. The first-order chi connectivity index (χ1) is 10.2. The van der Waals surface area contributed by atoms with Crippen molar-refractivity contribution >= 4 is 27.3 Å². The van der Waals surface area contributed by atoms with Crippen LogP contribution < -0.4 is 10.6 Å². The Morgan fingerprint density at radius 3 is 2.59 bits per heavy atom.